The van der Waals surface area contributed by atoms with Crippen molar-refractivity contribution in [2.45, 2.75) is 19.9 Å². The van der Waals surface area contributed by atoms with Crippen LogP contribution in [0.2, 0.25) is 5.02 Å². The molecule has 3 rings (SSSR count). The summed E-state index contributed by atoms with van der Waals surface area (Å²) in [5.41, 5.74) is 10.9. The lowest BCUT2D eigenvalue weighted by molar-refractivity contribution is 0.749. The van der Waals surface area contributed by atoms with Crippen molar-refractivity contribution in [3.8, 4) is 11.1 Å². The fourth-order valence-electron chi connectivity index (χ4n) is 2.59. The van der Waals surface area contributed by atoms with E-state index in [1.54, 1.807) is 0 Å². The van der Waals surface area contributed by atoms with Crippen LogP contribution in [0.1, 0.15) is 23.1 Å². The van der Waals surface area contributed by atoms with Gasteiger partial charge in [-0.1, -0.05) is 23.7 Å². The van der Waals surface area contributed by atoms with E-state index in [0.29, 0.717) is 11.6 Å². The maximum Gasteiger partial charge on any atom is 0.148 e. The van der Waals surface area contributed by atoms with Crippen molar-refractivity contribution in [2.75, 3.05) is 11.9 Å². The van der Waals surface area contributed by atoms with Crippen molar-refractivity contribution in [3.05, 3.63) is 52.4 Å². The number of hydrogen-bond acceptors (Lipinski definition) is 4. The highest BCUT2D eigenvalue weighted by Gasteiger charge is 2.21. The van der Waals surface area contributed by atoms with Crippen LogP contribution in [0.5, 0.6) is 0 Å². The number of nitrogens with two attached hydrogens (primary N) is 1. The minimum atomic E-state index is -0.145. The summed E-state index contributed by atoms with van der Waals surface area (Å²) in [4.78, 5) is 0. The Morgan fingerprint density at radius 1 is 1.12 bits per heavy atom. The van der Waals surface area contributed by atoms with Gasteiger partial charge in [0.15, 0.2) is 0 Å². The van der Waals surface area contributed by atoms with Crippen LogP contribution in [0.3, 0.4) is 0 Å². The van der Waals surface area contributed by atoms with Crippen LogP contribution in [0.4, 0.5) is 5.82 Å². The molecule has 25 heavy (non-hydrogen) atoms. The van der Waals surface area contributed by atoms with Gasteiger partial charge < -0.3 is 11.1 Å². The first-order valence-corrected chi connectivity index (χ1v) is 7.75. The monoisotopic (exact) mass is 402 g/mol. The minimum Gasteiger partial charge on any atom is -0.359 e. The minimum absolute atomic E-state index is 0. The second kappa shape index (κ2) is 9.10. The molecule has 6 nitrogen and oxygen atoms in total. The third-order valence-electron chi connectivity index (χ3n) is 3.70. The van der Waals surface area contributed by atoms with Crippen molar-refractivity contribution in [3.63, 3.8) is 0 Å². The van der Waals surface area contributed by atoms with E-state index in [1.807, 2.05) is 44.2 Å². The molecular formula is C16H21Cl3N6. The van der Waals surface area contributed by atoms with Crippen molar-refractivity contribution in [1.29, 1.82) is 0 Å². The Hall–Kier alpha value is -1.73. The summed E-state index contributed by atoms with van der Waals surface area (Å²) in [6, 6.07) is 9.49. The normalized spacial score (nSPS) is 11.4. The van der Waals surface area contributed by atoms with Crippen LogP contribution in [0.15, 0.2) is 30.3 Å². The molecule has 2 aromatic heterocycles. The highest BCUT2D eigenvalue weighted by atomic mass is 35.5. The molecule has 0 radical (unpaired) electrons. The zero-order chi connectivity index (χ0) is 16.4. The van der Waals surface area contributed by atoms with E-state index in [2.05, 4.69) is 25.7 Å². The SMILES string of the molecule is Cc1cc(NC(CN)c2n[nH]c(C)c2-c2ccc(Cl)cc2)n[nH]1.Cl.Cl. The van der Waals surface area contributed by atoms with Gasteiger partial charge in [-0.15, -0.1) is 24.8 Å². The molecule has 3 aromatic rings. The van der Waals surface area contributed by atoms with E-state index < -0.39 is 0 Å². The van der Waals surface area contributed by atoms with Crippen molar-refractivity contribution in [2.24, 2.45) is 5.73 Å². The van der Waals surface area contributed by atoms with Gasteiger partial charge in [0.1, 0.15) is 5.82 Å². The van der Waals surface area contributed by atoms with Gasteiger partial charge in [-0.3, -0.25) is 10.2 Å². The zero-order valence-corrected chi connectivity index (χ0v) is 16.2. The molecule has 1 atom stereocenters. The molecule has 1 unspecified atom stereocenters. The molecule has 9 heteroatoms. The maximum atomic E-state index is 5.98. The summed E-state index contributed by atoms with van der Waals surface area (Å²) in [6.07, 6.45) is 0. The summed E-state index contributed by atoms with van der Waals surface area (Å²) in [5.74, 6) is 0.751. The Kier molecular flexibility index (Phi) is 7.76. The predicted octanol–water partition coefficient (Wildman–Crippen LogP) is 4.03. The van der Waals surface area contributed by atoms with E-state index >= 15 is 0 Å². The van der Waals surface area contributed by atoms with Crippen molar-refractivity contribution < 1.29 is 0 Å². The molecule has 0 spiro atoms. The van der Waals surface area contributed by atoms with Gasteiger partial charge in [-0.05, 0) is 31.5 Å². The first-order valence-electron chi connectivity index (χ1n) is 7.38. The second-order valence-corrected chi connectivity index (χ2v) is 5.92. The predicted molar refractivity (Wildman–Crippen MR) is 107 cm³/mol. The van der Waals surface area contributed by atoms with E-state index in [0.717, 1.165) is 34.0 Å². The Morgan fingerprint density at radius 2 is 1.80 bits per heavy atom. The number of benzene rings is 1. The van der Waals surface area contributed by atoms with Crippen LogP contribution in [0.25, 0.3) is 11.1 Å². The van der Waals surface area contributed by atoms with Gasteiger partial charge in [0, 0.05) is 34.6 Å². The third-order valence-corrected chi connectivity index (χ3v) is 3.95. The summed E-state index contributed by atoms with van der Waals surface area (Å²) >= 11 is 5.98. The van der Waals surface area contributed by atoms with E-state index in [-0.39, 0.29) is 30.9 Å². The molecular weight excluding hydrogens is 383 g/mol. The van der Waals surface area contributed by atoms with Gasteiger partial charge in [-0.2, -0.15) is 10.2 Å². The lowest BCUT2D eigenvalue weighted by atomic mass is 9.99. The number of nitrogens with one attached hydrogen (secondary N) is 3. The molecule has 1 aromatic carbocycles. The smallest absolute Gasteiger partial charge is 0.148 e. The topological polar surface area (TPSA) is 95.4 Å². The van der Waals surface area contributed by atoms with E-state index in [1.165, 1.54) is 0 Å². The number of nitrogens with zero attached hydrogens (tertiary/aromatic N) is 2. The standard InChI is InChI=1S/C16H19ClN6.2ClH/c1-9-7-14(22-20-9)19-13(8-18)16-15(10(2)21-23-16)11-3-5-12(17)6-4-11;;/h3-7,13H,8,18H2,1-2H3,(H,21,23)(H2,19,20,22);2*1H. The van der Waals surface area contributed by atoms with Crippen LogP contribution in [-0.2, 0) is 0 Å². The Labute approximate surface area is 163 Å². The molecule has 136 valence electrons. The maximum absolute atomic E-state index is 5.98. The van der Waals surface area contributed by atoms with E-state index in [9.17, 15) is 0 Å². The Morgan fingerprint density at radius 3 is 2.36 bits per heavy atom. The van der Waals surface area contributed by atoms with Gasteiger partial charge in [-0.25, -0.2) is 0 Å². The summed E-state index contributed by atoms with van der Waals surface area (Å²) in [6.45, 7) is 4.34. The zero-order valence-electron chi connectivity index (χ0n) is 13.8. The molecule has 0 bridgehead atoms. The highest BCUT2D eigenvalue weighted by Crippen LogP contribution is 2.31. The average Bonchev–Trinajstić information content (AvgIpc) is 3.12. The first-order chi connectivity index (χ1) is 11.1. The molecule has 0 saturated carbocycles. The molecule has 2 heterocycles. The van der Waals surface area contributed by atoms with Crippen molar-refractivity contribution in [1.82, 2.24) is 20.4 Å². The Bertz CT molecular complexity index is 797. The molecule has 0 saturated heterocycles. The van der Waals surface area contributed by atoms with Crippen LogP contribution < -0.4 is 11.1 Å². The second-order valence-electron chi connectivity index (χ2n) is 5.48. The molecule has 0 aliphatic heterocycles. The fraction of sp³-hybridized carbons (Fsp3) is 0.250. The largest absolute Gasteiger partial charge is 0.359 e. The lowest BCUT2D eigenvalue weighted by Gasteiger charge is -2.16. The number of halogens is 3. The number of aryl methyl sites for hydroxylation is 2. The highest BCUT2D eigenvalue weighted by molar-refractivity contribution is 6.30. The third kappa shape index (κ3) is 4.67. The molecule has 0 fully saturated rings. The number of hydrogen-bond donors (Lipinski definition) is 4. The van der Waals surface area contributed by atoms with Crippen LogP contribution >= 0.6 is 36.4 Å². The first kappa shape index (κ1) is 21.3. The molecule has 0 aliphatic carbocycles. The average molecular weight is 404 g/mol. The number of aromatic amines is 2. The van der Waals surface area contributed by atoms with Gasteiger partial charge >= 0.3 is 0 Å². The summed E-state index contributed by atoms with van der Waals surface area (Å²) in [7, 11) is 0. The molecule has 0 amide bonds. The molecule has 5 N–H and O–H groups in total. The summed E-state index contributed by atoms with van der Waals surface area (Å²) in [5, 5.41) is 18.6. The Balaban J connectivity index is 0.00000156. The van der Waals surface area contributed by atoms with Gasteiger partial charge in [0.25, 0.3) is 0 Å². The van der Waals surface area contributed by atoms with E-state index in [4.69, 9.17) is 17.3 Å². The van der Waals surface area contributed by atoms with Gasteiger partial charge in [0.2, 0.25) is 0 Å². The summed E-state index contributed by atoms with van der Waals surface area (Å²) < 4.78 is 0. The van der Waals surface area contributed by atoms with Crippen LogP contribution in [0, 0.1) is 13.8 Å². The quantitative estimate of drug-likeness (QED) is 0.517. The molecule has 0 aliphatic rings. The number of anilines is 1. The lowest BCUT2D eigenvalue weighted by Crippen LogP contribution is -2.22. The number of aromatic nitrogens is 4. The fourth-order valence-corrected chi connectivity index (χ4v) is 2.72. The van der Waals surface area contributed by atoms with Gasteiger partial charge in [0.05, 0.1) is 11.7 Å². The van der Waals surface area contributed by atoms with Crippen molar-refractivity contribution >= 4 is 42.2 Å². The van der Waals surface area contributed by atoms with Crippen LogP contribution in [-0.4, -0.2) is 26.9 Å². The number of rotatable bonds is 5. The number of H-pyrrole nitrogens is 2.